The zero-order valence-corrected chi connectivity index (χ0v) is 9.51. The first-order valence-electron chi connectivity index (χ1n) is 5.61. The molecule has 1 unspecified atom stereocenters. The molecule has 3 N–H and O–H groups in total. The highest BCUT2D eigenvalue weighted by molar-refractivity contribution is 5.76. The summed E-state index contributed by atoms with van der Waals surface area (Å²) in [6, 6.07) is 0. The summed E-state index contributed by atoms with van der Waals surface area (Å²) in [7, 11) is 0. The normalized spacial score (nSPS) is 12.7. The molecular weight excluding hydrogens is 176 g/mol. The molecule has 0 fully saturated rings. The molecule has 0 bridgehead atoms. The lowest BCUT2D eigenvalue weighted by Crippen LogP contribution is -2.15. The molecule has 0 saturated heterocycles. The Morgan fingerprint density at radius 3 is 2.64 bits per heavy atom. The van der Waals surface area contributed by atoms with Crippen molar-refractivity contribution in [3.8, 4) is 0 Å². The summed E-state index contributed by atoms with van der Waals surface area (Å²) in [4.78, 5) is 0. The van der Waals surface area contributed by atoms with E-state index in [-0.39, 0.29) is 5.84 Å². The molecule has 0 aromatic carbocycles. The van der Waals surface area contributed by atoms with E-state index >= 15 is 0 Å². The van der Waals surface area contributed by atoms with E-state index in [1.165, 1.54) is 25.7 Å². The predicted octanol–water partition coefficient (Wildman–Crippen LogP) is 2.55. The Morgan fingerprint density at radius 2 is 2.14 bits per heavy atom. The van der Waals surface area contributed by atoms with Crippen molar-refractivity contribution in [2.24, 2.45) is 11.7 Å². The number of rotatable bonds is 9. The fourth-order valence-corrected chi connectivity index (χ4v) is 1.33. The first-order valence-corrected chi connectivity index (χ1v) is 5.61. The second-order valence-electron chi connectivity index (χ2n) is 3.77. The Morgan fingerprint density at radius 1 is 1.43 bits per heavy atom. The van der Waals surface area contributed by atoms with Crippen molar-refractivity contribution in [3.05, 3.63) is 0 Å². The smallest absolute Gasteiger partial charge is 0.0928 e. The van der Waals surface area contributed by atoms with E-state index in [0.29, 0.717) is 18.9 Å². The van der Waals surface area contributed by atoms with E-state index in [0.717, 1.165) is 6.61 Å². The van der Waals surface area contributed by atoms with Crippen molar-refractivity contribution in [2.75, 3.05) is 13.2 Å². The molecule has 3 nitrogen and oxygen atoms in total. The molecule has 0 radical (unpaired) electrons. The van der Waals surface area contributed by atoms with Gasteiger partial charge < -0.3 is 10.5 Å². The second-order valence-corrected chi connectivity index (χ2v) is 3.77. The molecule has 0 heterocycles. The topological polar surface area (TPSA) is 59.1 Å². The SMILES string of the molecule is CCCCC(CC)COCCC(=N)N. The van der Waals surface area contributed by atoms with Crippen molar-refractivity contribution in [2.45, 2.75) is 46.0 Å². The summed E-state index contributed by atoms with van der Waals surface area (Å²) in [5.41, 5.74) is 5.23. The van der Waals surface area contributed by atoms with Gasteiger partial charge in [0.15, 0.2) is 0 Å². The van der Waals surface area contributed by atoms with Crippen LogP contribution in [0.25, 0.3) is 0 Å². The van der Waals surface area contributed by atoms with Gasteiger partial charge in [-0.1, -0.05) is 33.1 Å². The Kier molecular flexibility index (Phi) is 8.64. The molecule has 1 atom stereocenters. The number of unbranched alkanes of at least 4 members (excludes halogenated alkanes) is 1. The molecule has 0 aromatic heterocycles. The largest absolute Gasteiger partial charge is 0.388 e. The zero-order chi connectivity index (χ0) is 10.8. The summed E-state index contributed by atoms with van der Waals surface area (Å²) in [6.45, 7) is 5.83. The summed E-state index contributed by atoms with van der Waals surface area (Å²) in [5.74, 6) is 0.897. The van der Waals surface area contributed by atoms with Crippen molar-refractivity contribution in [1.29, 1.82) is 5.41 Å². The number of ether oxygens (including phenoxy) is 1. The van der Waals surface area contributed by atoms with Crippen LogP contribution in [-0.4, -0.2) is 19.0 Å². The molecule has 0 aliphatic rings. The highest BCUT2D eigenvalue weighted by Crippen LogP contribution is 2.12. The molecular formula is C11H24N2O. The fourth-order valence-electron chi connectivity index (χ4n) is 1.33. The first-order chi connectivity index (χ1) is 6.70. The number of hydrogen-bond donors (Lipinski definition) is 2. The minimum Gasteiger partial charge on any atom is -0.388 e. The van der Waals surface area contributed by atoms with E-state index in [4.69, 9.17) is 15.9 Å². The lowest BCUT2D eigenvalue weighted by Gasteiger charge is -2.14. The number of hydrogen-bond acceptors (Lipinski definition) is 2. The van der Waals surface area contributed by atoms with Crippen LogP contribution in [-0.2, 0) is 4.74 Å². The molecule has 3 heteroatoms. The van der Waals surface area contributed by atoms with Gasteiger partial charge in [0.2, 0.25) is 0 Å². The molecule has 0 aliphatic heterocycles. The maximum absolute atomic E-state index is 7.03. The monoisotopic (exact) mass is 200 g/mol. The molecule has 14 heavy (non-hydrogen) atoms. The van der Waals surface area contributed by atoms with Crippen LogP contribution in [0.3, 0.4) is 0 Å². The van der Waals surface area contributed by atoms with Crippen LogP contribution < -0.4 is 5.73 Å². The lowest BCUT2D eigenvalue weighted by atomic mass is 10.0. The Balaban J connectivity index is 3.37. The number of nitrogens with one attached hydrogen (secondary N) is 1. The Bertz CT molecular complexity index is 148. The van der Waals surface area contributed by atoms with E-state index in [2.05, 4.69) is 13.8 Å². The van der Waals surface area contributed by atoms with Crippen LogP contribution in [0.4, 0.5) is 0 Å². The standard InChI is InChI=1S/C11H24N2O/c1-3-5-6-10(4-2)9-14-8-7-11(12)13/h10H,3-9H2,1-2H3,(H3,12,13). The number of nitrogens with two attached hydrogens (primary N) is 1. The van der Waals surface area contributed by atoms with Gasteiger partial charge in [-0.25, -0.2) is 0 Å². The average molecular weight is 200 g/mol. The summed E-state index contributed by atoms with van der Waals surface area (Å²) >= 11 is 0. The zero-order valence-electron chi connectivity index (χ0n) is 9.51. The summed E-state index contributed by atoms with van der Waals surface area (Å²) < 4.78 is 5.47. The van der Waals surface area contributed by atoms with Gasteiger partial charge in [0.1, 0.15) is 0 Å². The molecule has 0 saturated carbocycles. The Hall–Kier alpha value is -0.570. The molecule has 0 spiro atoms. The van der Waals surface area contributed by atoms with E-state index in [1.54, 1.807) is 0 Å². The molecule has 84 valence electrons. The maximum atomic E-state index is 7.03. The quantitative estimate of drug-likeness (QED) is 0.341. The van der Waals surface area contributed by atoms with Gasteiger partial charge in [0.05, 0.1) is 12.4 Å². The Labute approximate surface area is 87.5 Å². The van der Waals surface area contributed by atoms with E-state index in [1.807, 2.05) is 0 Å². The minimum absolute atomic E-state index is 0.214. The van der Waals surface area contributed by atoms with Gasteiger partial charge in [0, 0.05) is 13.0 Å². The van der Waals surface area contributed by atoms with E-state index < -0.39 is 0 Å². The highest BCUT2D eigenvalue weighted by atomic mass is 16.5. The third-order valence-electron chi connectivity index (χ3n) is 2.41. The summed E-state index contributed by atoms with van der Waals surface area (Å²) in [5, 5.41) is 7.03. The maximum Gasteiger partial charge on any atom is 0.0928 e. The van der Waals surface area contributed by atoms with Gasteiger partial charge in [-0.15, -0.1) is 0 Å². The molecule has 0 amide bonds. The molecule has 0 rings (SSSR count). The molecule has 0 aromatic rings. The first kappa shape index (κ1) is 13.4. The average Bonchev–Trinajstić information content (AvgIpc) is 2.16. The van der Waals surface area contributed by atoms with Crippen LogP contribution in [0.1, 0.15) is 46.0 Å². The second kappa shape index (κ2) is 9.00. The lowest BCUT2D eigenvalue weighted by molar-refractivity contribution is 0.0992. The van der Waals surface area contributed by atoms with E-state index in [9.17, 15) is 0 Å². The fraction of sp³-hybridized carbons (Fsp3) is 0.909. The van der Waals surface area contributed by atoms with Crippen molar-refractivity contribution < 1.29 is 4.74 Å². The van der Waals surface area contributed by atoms with Gasteiger partial charge >= 0.3 is 0 Å². The predicted molar refractivity (Wildman–Crippen MR) is 60.7 cm³/mol. The third kappa shape index (κ3) is 8.05. The summed E-state index contributed by atoms with van der Waals surface area (Å²) in [6.07, 6.45) is 5.54. The van der Waals surface area contributed by atoms with Crippen LogP contribution in [0.2, 0.25) is 0 Å². The van der Waals surface area contributed by atoms with Gasteiger partial charge in [0.25, 0.3) is 0 Å². The van der Waals surface area contributed by atoms with Crippen LogP contribution >= 0.6 is 0 Å². The van der Waals surface area contributed by atoms with Gasteiger partial charge in [-0.3, -0.25) is 5.41 Å². The number of amidine groups is 1. The van der Waals surface area contributed by atoms with Crippen molar-refractivity contribution in [1.82, 2.24) is 0 Å². The van der Waals surface area contributed by atoms with Crippen LogP contribution in [0.15, 0.2) is 0 Å². The van der Waals surface area contributed by atoms with Crippen molar-refractivity contribution in [3.63, 3.8) is 0 Å². The van der Waals surface area contributed by atoms with Crippen molar-refractivity contribution >= 4 is 5.84 Å². The van der Waals surface area contributed by atoms with Gasteiger partial charge in [-0.05, 0) is 12.3 Å². The van der Waals surface area contributed by atoms with Gasteiger partial charge in [-0.2, -0.15) is 0 Å². The highest BCUT2D eigenvalue weighted by Gasteiger charge is 2.05. The minimum atomic E-state index is 0.214. The molecule has 0 aliphatic carbocycles. The van der Waals surface area contributed by atoms with Crippen LogP contribution in [0.5, 0.6) is 0 Å². The third-order valence-corrected chi connectivity index (χ3v) is 2.41. The van der Waals surface area contributed by atoms with Crippen LogP contribution in [0, 0.1) is 11.3 Å².